The molecule has 1 fully saturated rings. The molecule has 0 atom stereocenters. The van der Waals surface area contributed by atoms with E-state index in [0.717, 1.165) is 43.6 Å². The maximum absolute atomic E-state index is 4.74. The van der Waals surface area contributed by atoms with Gasteiger partial charge in [-0.2, -0.15) is 0 Å². The van der Waals surface area contributed by atoms with Crippen LogP contribution in [0.2, 0.25) is 0 Å². The van der Waals surface area contributed by atoms with Crippen molar-refractivity contribution in [3.05, 3.63) is 18.2 Å². The summed E-state index contributed by atoms with van der Waals surface area (Å²) in [5.41, 5.74) is 0.435. The highest BCUT2D eigenvalue weighted by Crippen LogP contribution is 2.35. The van der Waals surface area contributed by atoms with E-state index >= 15 is 0 Å². The maximum Gasteiger partial charge on any atom is 0.130 e. The van der Waals surface area contributed by atoms with Crippen LogP contribution >= 0.6 is 0 Å². The van der Waals surface area contributed by atoms with Gasteiger partial charge in [-0.1, -0.05) is 33.8 Å². The average Bonchev–Trinajstić information content (AvgIpc) is 2.45. The molecule has 3 heteroatoms. The number of pyridine rings is 1. The normalized spacial score (nSPS) is 17.3. The number of piperidine rings is 1. The fraction of sp³-hybridized carbons (Fsp3) is 0.706. The maximum atomic E-state index is 4.74. The Morgan fingerprint density at radius 2 is 1.95 bits per heavy atom. The lowest BCUT2D eigenvalue weighted by Gasteiger charge is -2.39. The van der Waals surface area contributed by atoms with Crippen molar-refractivity contribution in [2.45, 2.75) is 47.0 Å². The third kappa shape index (κ3) is 3.87. The van der Waals surface area contributed by atoms with Crippen molar-refractivity contribution in [1.29, 1.82) is 0 Å². The van der Waals surface area contributed by atoms with E-state index in [4.69, 9.17) is 4.98 Å². The number of aromatic nitrogens is 1. The Balaban J connectivity index is 1.96. The summed E-state index contributed by atoms with van der Waals surface area (Å²) < 4.78 is 0. The summed E-state index contributed by atoms with van der Waals surface area (Å²) in [7, 11) is 0. The number of hydrogen-bond acceptors (Lipinski definition) is 3. The largest absolute Gasteiger partial charge is 0.370 e. The first-order valence-corrected chi connectivity index (χ1v) is 7.96. The number of rotatable bonds is 4. The molecule has 1 N–H and O–H groups in total. The molecule has 1 aromatic rings. The highest BCUT2D eigenvalue weighted by molar-refractivity contribution is 5.47. The molecule has 1 saturated heterocycles. The van der Waals surface area contributed by atoms with Gasteiger partial charge in [0.1, 0.15) is 11.6 Å². The summed E-state index contributed by atoms with van der Waals surface area (Å²) in [5.74, 6) is 2.96. The van der Waals surface area contributed by atoms with E-state index in [1.807, 2.05) is 0 Å². The van der Waals surface area contributed by atoms with Gasteiger partial charge in [-0.3, -0.25) is 0 Å². The number of nitrogens with zero attached hydrogens (tertiary/aromatic N) is 2. The molecule has 0 aliphatic carbocycles. The number of anilines is 2. The molecular formula is C17H29N3. The van der Waals surface area contributed by atoms with Gasteiger partial charge in [-0.25, -0.2) is 4.98 Å². The van der Waals surface area contributed by atoms with Crippen molar-refractivity contribution in [2.75, 3.05) is 29.9 Å². The minimum absolute atomic E-state index is 0.435. The van der Waals surface area contributed by atoms with Crippen molar-refractivity contribution in [1.82, 2.24) is 4.98 Å². The van der Waals surface area contributed by atoms with Crippen LogP contribution in [0.25, 0.3) is 0 Å². The van der Waals surface area contributed by atoms with Crippen molar-refractivity contribution in [3.63, 3.8) is 0 Å². The van der Waals surface area contributed by atoms with Gasteiger partial charge in [-0.15, -0.1) is 0 Å². The zero-order chi connectivity index (χ0) is 14.6. The van der Waals surface area contributed by atoms with Crippen LogP contribution in [0.5, 0.6) is 0 Å². The summed E-state index contributed by atoms with van der Waals surface area (Å²) in [5, 5.41) is 3.37. The Bertz CT molecular complexity index is 414. The molecule has 2 heterocycles. The molecule has 0 bridgehead atoms. The van der Waals surface area contributed by atoms with Crippen LogP contribution in [0.4, 0.5) is 11.6 Å². The van der Waals surface area contributed by atoms with Gasteiger partial charge >= 0.3 is 0 Å². The standard InChI is InChI=1S/C17H29N3/c1-5-11-18-15-7-6-8-16(19-15)20-12-9-14(10-13-20)17(2,3)4/h6-8,14H,5,9-13H2,1-4H3,(H,18,19). The lowest BCUT2D eigenvalue weighted by atomic mass is 9.75. The predicted octanol–water partition coefficient (Wildman–Crippen LogP) is 4.17. The number of hydrogen-bond donors (Lipinski definition) is 1. The van der Waals surface area contributed by atoms with E-state index in [0.29, 0.717) is 5.41 Å². The summed E-state index contributed by atoms with van der Waals surface area (Å²) in [6.45, 7) is 12.5. The van der Waals surface area contributed by atoms with E-state index in [1.165, 1.54) is 12.8 Å². The van der Waals surface area contributed by atoms with Crippen LogP contribution in [0.15, 0.2) is 18.2 Å². The Morgan fingerprint density at radius 1 is 1.25 bits per heavy atom. The van der Waals surface area contributed by atoms with Gasteiger partial charge in [0.25, 0.3) is 0 Å². The molecule has 2 rings (SSSR count). The molecule has 0 aromatic carbocycles. The smallest absolute Gasteiger partial charge is 0.130 e. The molecule has 1 aliphatic rings. The van der Waals surface area contributed by atoms with Crippen LogP contribution in [0, 0.1) is 11.3 Å². The molecule has 1 aromatic heterocycles. The monoisotopic (exact) mass is 275 g/mol. The van der Waals surface area contributed by atoms with Crippen LogP contribution in [0.1, 0.15) is 47.0 Å². The first kappa shape index (κ1) is 15.1. The lowest BCUT2D eigenvalue weighted by Crippen LogP contribution is -2.38. The molecule has 0 spiro atoms. The van der Waals surface area contributed by atoms with Crippen LogP contribution in [0.3, 0.4) is 0 Å². The molecule has 0 saturated carbocycles. The van der Waals surface area contributed by atoms with E-state index in [-0.39, 0.29) is 0 Å². The van der Waals surface area contributed by atoms with E-state index in [2.05, 4.69) is 56.1 Å². The summed E-state index contributed by atoms with van der Waals surface area (Å²) in [6, 6.07) is 6.30. The molecular weight excluding hydrogens is 246 g/mol. The Morgan fingerprint density at radius 3 is 2.55 bits per heavy atom. The molecule has 0 radical (unpaired) electrons. The molecule has 1 aliphatic heterocycles. The minimum atomic E-state index is 0.435. The second-order valence-electron chi connectivity index (χ2n) is 6.94. The van der Waals surface area contributed by atoms with Crippen molar-refractivity contribution in [2.24, 2.45) is 11.3 Å². The van der Waals surface area contributed by atoms with Gasteiger partial charge in [0.15, 0.2) is 0 Å². The van der Waals surface area contributed by atoms with Crippen LogP contribution in [-0.4, -0.2) is 24.6 Å². The van der Waals surface area contributed by atoms with E-state index in [1.54, 1.807) is 0 Å². The van der Waals surface area contributed by atoms with Gasteiger partial charge < -0.3 is 10.2 Å². The third-order valence-corrected chi connectivity index (χ3v) is 4.33. The molecule has 3 nitrogen and oxygen atoms in total. The molecule has 20 heavy (non-hydrogen) atoms. The first-order valence-electron chi connectivity index (χ1n) is 7.96. The zero-order valence-corrected chi connectivity index (χ0v) is 13.4. The number of nitrogens with one attached hydrogen (secondary N) is 1. The predicted molar refractivity (Wildman–Crippen MR) is 87.4 cm³/mol. The van der Waals surface area contributed by atoms with Gasteiger partial charge in [-0.05, 0) is 42.7 Å². The average molecular weight is 275 g/mol. The third-order valence-electron chi connectivity index (χ3n) is 4.33. The first-order chi connectivity index (χ1) is 9.50. The van der Waals surface area contributed by atoms with E-state index in [9.17, 15) is 0 Å². The fourth-order valence-corrected chi connectivity index (χ4v) is 2.93. The van der Waals surface area contributed by atoms with Gasteiger partial charge in [0.05, 0.1) is 0 Å². The van der Waals surface area contributed by atoms with Crippen molar-refractivity contribution < 1.29 is 0 Å². The molecule has 0 amide bonds. The minimum Gasteiger partial charge on any atom is -0.370 e. The van der Waals surface area contributed by atoms with Crippen LogP contribution in [-0.2, 0) is 0 Å². The summed E-state index contributed by atoms with van der Waals surface area (Å²) in [6.07, 6.45) is 3.68. The highest BCUT2D eigenvalue weighted by atomic mass is 15.2. The quantitative estimate of drug-likeness (QED) is 0.894. The fourth-order valence-electron chi connectivity index (χ4n) is 2.93. The van der Waals surface area contributed by atoms with Crippen molar-refractivity contribution in [3.8, 4) is 0 Å². The molecule has 0 unspecified atom stereocenters. The Labute approximate surface area is 123 Å². The second-order valence-corrected chi connectivity index (χ2v) is 6.94. The summed E-state index contributed by atoms with van der Waals surface area (Å²) in [4.78, 5) is 7.17. The van der Waals surface area contributed by atoms with Gasteiger partial charge in [0, 0.05) is 19.6 Å². The summed E-state index contributed by atoms with van der Waals surface area (Å²) >= 11 is 0. The van der Waals surface area contributed by atoms with Crippen LogP contribution < -0.4 is 10.2 Å². The Hall–Kier alpha value is -1.25. The zero-order valence-electron chi connectivity index (χ0n) is 13.4. The second kappa shape index (κ2) is 6.47. The van der Waals surface area contributed by atoms with Gasteiger partial charge in [0.2, 0.25) is 0 Å². The van der Waals surface area contributed by atoms with Crippen molar-refractivity contribution >= 4 is 11.6 Å². The highest BCUT2D eigenvalue weighted by Gasteiger charge is 2.29. The molecule has 112 valence electrons. The Kier molecular flexibility index (Phi) is 4.90. The lowest BCUT2D eigenvalue weighted by molar-refractivity contribution is 0.198. The SMILES string of the molecule is CCCNc1cccc(N2CCC(C(C)(C)C)CC2)n1. The van der Waals surface area contributed by atoms with E-state index < -0.39 is 0 Å². The topological polar surface area (TPSA) is 28.2 Å².